The Morgan fingerprint density at radius 3 is 2.55 bits per heavy atom. The van der Waals surface area contributed by atoms with Gasteiger partial charge in [0.25, 0.3) is 0 Å². The van der Waals surface area contributed by atoms with Gasteiger partial charge in [-0.3, -0.25) is 9.78 Å². The number of hydrogen-bond donors (Lipinski definition) is 1. The van der Waals surface area contributed by atoms with Gasteiger partial charge in [0.2, 0.25) is 0 Å². The van der Waals surface area contributed by atoms with Crippen molar-refractivity contribution in [2.45, 2.75) is 26.2 Å². The maximum Gasteiger partial charge on any atom is 0.306 e. The second-order valence-electron chi connectivity index (χ2n) is 5.12. The van der Waals surface area contributed by atoms with E-state index in [0.29, 0.717) is 12.8 Å². The molecule has 0 bridgehead atoms. The fraction of sp³-hybridized carbons (Fsp3) is 0.294. The fourth-order valence-electron chi connectivity index (χ4n) is 2.21. The van der Waals surface area contributed by atoms with E-state index < -0.39 is 5.97 Å². The van der Waals surface area contributed by atoms with Gasteiger partial charge >= 0.3 is 5.97 Å². The number of nitrogens with zero attached hydrogens (tertiary/aromatic N) is 1. The highest BCUT2D eigenvalue weighted by Crippen LogP contribution is 2.16. The van der Waals surface area contributed by atoms with E-state index >= 15 is 0 Å². The first-order valence-corrected chi connectivity index (χ1v) is 6.82. The van der Waals surface area contributed by atoms with Gasteiger partial charge in [0.15, 0.2) is 0 Å². The lowest BCUT2D eigenvalue weighted by molar-refractivity contribution is -0.141. The van der Waals surface area contributed by atoms with Gasteiger partial charge in [0, 0.05) is 12.4 Å². The molecule has 0 aliphatic rings. The highest BCUT2D eigenvalue weighted by Gasteiger charge is 2.17. The molecule has 1 aromatic carbocycles. The molecule has 0 fully saturated rings. The van der Waals surface area contributed by atoms with Crippen LogP contribution in [-0.4, -0.2) is 16.1 Å². The summed E-state index contributed by atoms with van der Waals surface area (Å²) >= 11 is 0. The molecule has 104 valence electrons. The van der Waals surface area contributed by atoms with E-state index in [-0.39, 0.29) is 5.92 Å². The predicted octanol–water partition coefficient (Wildman–Crippen LogP) is 3.27. The summed E-state index contributed by atoms with van der Waals surface area (Å²) in [6.45, 7) is 2.03. The van der Waals surface area contributed by atoms with E-state index in [1.165, 1.54) is 5.56 Å². The Labute approximate surface area is 119 Å². The Morgan fingerprint density at radius 2 is 1.95 bits per heavy atom. The van der Waals surface area contributed by atoms with Crippen molar-refractivity contribution in [1.29, 1.82) is 0 Å². The molecular formula is C17H19NO2. The maximum absolute atomic E-state index is 11.4. The minimum absolute atomic E-state index is 0.349. The first-order valence-electron chi connectivity index (χ1n) is 6.82. The first-order chi connectivity index (χ1) is 9.65. The lowest BCUT2D eigenvalue weighted by atomic mass is 9.93. The van der Waals surface area contributed by atoms with Crippen molar-refractivity contribution in [1.82, 2.24) is 4.98 Å². The Kier molecular flexibility index (Phi) is 4.88. The van der Waals surface area contributed by atoms with Gasteiger partial charge in [-0.25, -0.2) is 0 Å². The van der Waals surface area contributed by atoms with Crippen LogP contribution in [0.25, 0.3) is 0 Å². The summed E-state index contributed by atoms with van der Waals surface area (Å²) in [7, 11) is 0. The molecule has 1 aromatic heterocycles. The van der Waals surface area contributed by atoms with E-state index in [2.05, 4.69) is 4.98 Å². The molecule has 1 N–H and O–H groups in total. The van der Waals surface area contributed by atoms with Crippen LogP contribution >= 0.6 is 0 Å². The molecule has 0 radical (unpaired) electrons. The minimum atomic E-state index is -0.727. The molecular weight excluding hydrogens is 250 g/mol. The zero-order valence-corrected chi connectivity index (χ0v) is 11.6. The molecule has 2 aromatic rings. The largest absolute Gasteiger partial charge is 0.481 e. The molecule has 1 unspecified atom stereocenters. The molecule has 0 aliphatic carbocycles. The Balaban J connectivity index is 1.97. The minimum Gasteiger partial charge on any atom is -0.481 e. The highest BCUT2D eigenvalue weighted by atomic mass is 16.4. The molecule has 0 aliphatic heterocycles. The Hall–Kier alpha value is -2.16. The average Bonchev–Trinajstić information content (AvgIpc) is 2.46. The van der Waals surface area contributed by atoms with E-state index in [4.69, 9.17) is 0 Å². The molecule has 3 nitrogen and oxygen atoms in total. The van der Waals surface area contributed by atoms with Crippen molar-refractivity contribution in [2.24, 2.45) is 5.92 Å². The van der Waals surface area contributed by atoms with Gasteiger partial charge in [-0.05, 0) is 43.4 Å². The van der Waals surface area contributed by atoms with Crippen molar-refractivity contribution in [3.05, 3.63) is 65.5 Å². The Bertz CT molecular complexity index is 549. The SMILES string of the molecule is Cc1ccc(CC(CCc2cccnc2)C(=O)O)cc1. The summed E-state index contributed by atoms with van der Waals surface area (Å²) in [5.74, 6) is -1.08. The van der Waals surface area contributed by atoms with E-state index in [9.17, 15) is 9.90 Å². The van der Waals surface area contributed by atoms with Crippen molar-refractivity contribution < 1.29 is 9.90 Å². The lowest BCUT2D eigenvalue weighted by Crippen LogP contribution is -2.17. The summed E-state index contributed by atoms with van der Waals surface area (Å²) in [4.78, 5) is 15.4. The van der Waals surface area contributed by atoms with Gasteiger partial charge in [-0.2, -0.15) is 0 Å². The summed E-state index contributed by atoms with van der Waals surface area (Å²) in [5.41, 5.74) is 3.35. The molecule has 1 atom stereocenters. The summed E-state index contributed by atoms with van der Waals surface area (Å²) in [5, 5.41) is 9.35. The first kappa shape index (κ1) is 14.3. The van der Waals surface area contributed by atoms with Crippen LogP contribution in [-0.2, 0) is 17.6 Å². The number of carboxylic acids is 1. The van der Waals surface area contributed by atoms with Gasteiger partial charge in [0.05, 0.1) is 5.92 Å². The summed E-state index contributed by atoms with van der Waals surface area (Å²) in [6, 6.07) is 11.9. The van der Waals surface area contributed by atoms with Crippen molar-refractivity contribution in [3.63, 3.8) is 0 Å². The van der Waals surface area contributed by atoms with Crippen LogP contribution < -0.4 is 0 Å². The molecule has 3 heteroatoms. The van der Waals surface area contributed by atoms with Crippen LogP contribution in [0.15, 0.2) is 48.8 Å². The number of rotatable bonds is 6. The van der Waals surface area contributed by atoms with Crippen LogP contribution in [0.3, 0.4) is 0 Å². The van der Waals surface area contributed by atoms with Crippen LogP contribution in [0.5, 0.6) is 0 Å². The molecule has 0 amide bonds. The summed E-state index contributed by atoms with van der Waals surface area (Å²) < 4.78 is 0. The van der Waals surface area contributed by atoms with Gasteiger partial charge in [0.1, 0.15) is 0 Å². The smallest absolute Gasteiger partial charge is 0.306 e. The van der Waals surface area contributed by atoms with Crippen LogP contribution in [0.1, 0.15) is 23.1 Å². The zero-order chi connectivity index (χ0) is 14.4. The third kappa shape index (κ3) is 4.19. The molecule has 1 heterocycles. The monoisotopic (exact) mass is 269 g/mol. The number of aryl methyl sites for hydroxylation is 2. The number of aliphatic carboxylic acids is 1. The van der Waals surface area contributed by atoms with Gasteiger partial charge in [-0.15, -0.1) is 0 Å². The normalized spacial score (nSPS) is 12.1. The molecule has 2 rings (SSSR count). The van der Waals surface area contributed by atoms with Crippen molar-refractivity contribution in [2.75, 3.05) is 0 Å². The third-order valence-electron chi connectivity index (χ3n) is 3.46. The number of pyridine rings is 1. The molecule has 20 heavy (non-hydrogen) atoms. The number of carboxylic acid groups (broad SMARTS) is 1. The van der Waals surface area contributed by atoms with Gasteiger partial charge in [-0.1, -0.05) is 35.9 Å². The number of carbonyl (C=O) groups is 1. The summed E-state index contributed by atoms with van der Waals surface area (Å²) in [6.07, 6.45) is 5.48. The third-order valence-corrected chi connectivity index (χ3v) is 3.46. The van der Waals surface area contributed by atoms with Crippen molar-refractivity contribution in [3.8, 4) is 0 Å². The highest BCUT2D eigenvalue weighted by molar-refractivity contribution is 5.70. The predicted molar refractivity (Wildman–Crippen MR) is 78.6 cm³/mol. The number of hydrogen-bond acceptors (Lipinski definition) is 2. The van der Waals surface area contributed by atoms with E-state index in [1.54, 1.807) is 12.4 Å². The van der Waals surface area contributed by atoms with Crippen LogP contribution in [0, 0.1) is 12.8 Å². The maximum atomic E-state index is 11.4. The molecule has 0 spiro atoms. The van der Waals surface area contributed by atoms with E-state index in [0.717, 1.165) is 17.5 Å². The second kappa shape index (κ2) is 6.85. The fourth-order valence-corrected chi connectivity index (χ4v) is 2.21. The Morgan fingerprint density at radius 1 is 1.20 bits per heavy atom. The van der Waals surface area contributed by atoms with Gasteiger partial charge < -0.3 is 5.11 Å². The quantitative estimate of drug-likeness (QED) is 0.875. The molecule has 0 saturated carbocycles. The second-order valence-corrected chi connectivity index (χ2v) is 5.12. The zero-order valence-electron chi connectivity index (χ0n) is 11.6. The average molecular weight is 269 g/mol. The standard InChI is InChI=1S/C17H19NO2/c1-13-4-6-14(7-5-13)11-16(17(19)20)9-8-15-3-2-10-18-12-15/h2-7,10,12,16H,8-9,11H2,1H3,(H,19,20). The van der Waals surface area contributed by atoms with Crippen molar-refractivity contribution >= 4 is 5.97 Å². The number of aromatic nitrogens is 1. The van der Waals surface area contributed by atoms with E-state index in [1.807, 2.05) is 43.3 Å². The van der Waals surface area contributed by atoms with Crippen LogP contribution in [0.2, 0.25) is 0 Å². The topological polar surface area (TPSA) is 50.2 Å². The number of benzene rings is 1. The molecule has 0 saturated heterocycles. The van der Waals surface area contributed by atoms with Crippen LogP contribution in [0.4, 0.5) is 0 Å². The lowest BCUT2D eigenvalue weighted by Gasteiger charge is -2.12.